The molecule has 0 aromatic carbocycles. The van der Waals surface area contributed by atoms with Gasteiger partial charge in [-0.3, -0.25) is 9.59 Å². The molecule has 0 unspecified atom stereocenters. The maximum Gasteiger partial charge on any atom is 0.287 e. The lowest BCUT2D eigenvalue weighted by molar-refractivity contribution is 0.0921. The summed E-state index contributed by atoms with van der Waals surface area (Å²) >= 11 is 0. The molecule has 1 fully saturated rings. The van der Waals surface area contributed by atoms with Gasteiger partial charge in [0.1, 0.15) is 5.69 Å². The molecule has 1 saturated carbocycles. The Morgan fingerprint density at radius 2 is 1.96 bits per heavy atom. The van der Waals surface area contributed by atoms with Gasteiger partial charge in [0, 0.05) is 19.1 Å². The summed E-state index contributed by atoms with van der Waals surface area (Å²) in [5.74, 6) is -0.0227. The van der Waals surface area contributed by atoms with Gasteiger partial charge in [-0.1, -0.05) is 25.3 Å². The van der Waals surface area contributed by atoms with Crippen molar-refractivity contribution < 1.29 is 9.59 Å². The fraction of sp³-hybridized carbons (Fsp3) is 0.611. The van der Waals surface area contributed by atoms with Crippen LogP contribution in [0.5, 0.6) is 0 Å². The Kier molecular flexibility index (Phi) is 5.33. The molecular weight excluding hydrogens is 304 g/mol. The first-order chi connectivity index (χ1) is 11.7. The minimum absolute atomic E-state index is 0.129. The Balaban J connectivity index is 1.81. The van der Waals surface area contributed by atoms with Crippen LogP contribution in [0, 0.1) is 0 Å². The average molecular weight is 330 g/mol. The number of nitrogens with one attached hydrogen (secondary N) is 2. The SMILES string of the molecule is C=CCNC(=O)c1nc(C(=O)NC2CCCCC2)c2n1CCCC2. The van der Waals surface area contributed by atoms with Crippen LogP contribution in [-0.4, -0.2) is 34.0 Å². The average Bonchev–Trinajstić information content (AvgIpc) is 3.00. The van der Waals surface area contributed by atoms with Crippen molar-refractivity contribution in [3.63, 3.8) is 0 Å². The Hall–Kier alpha value is -2.11. The highest BCUT2D eigenvalue weighted by Crippen LogP contribution is 2.22. The van der Waals surface area contributed by atoms with Gasteiger partial charge in [0.15, 0.2) is 5.82 Å². The molecule has 0 bridgehead atoms. The summed E-state index contributed by atoms with van der Waals surface area (Å²) in [5.41, 5.74) is 1.34. The molecule has 2 amide bonds. The summed E-state index contributed by atoms with van der Waals surface area (Å²) in [4.78, 5) is 29.4. The minimum Gasteiger partial charge on any atom is -0.348 e. The van der Waals surface area contributed by atoms with Gasteiger partial charge in [-0.25, -0.2) is 4.98 Å². The fourth-order valence-corrected chi connectivity index (χ4v) is 3.64. The van der Waals surface area contributed by atoms with Gasteiger partial charge in [0.05, 0.1) is 5.69 Å². The van der Waals surface area contributed by atoms with Crippen LogP contribution in [0.15, 0.2) is 12.7 Å². The van der Waals surface area contributed by atoms with Crippen LogP contribution in [0.4, 0.5) is 0 Å². The zero-order chi connectivity index (χ0) is 16.9. The molecule has 1 aromatic heterocycles. The highest BCUT2D eigenvalue weighted by molar-refractivity contribution is 5.97. The molecule has 3 rings (SSSR count). The number of rotatable bonds is 5. The monoisotopic (exact) mass is 330 g/mol. The van der Waals surface area contributed by atoms with Gasteiger partial charge in [0.25, 0.3) is 11.8 Å². The van der Waals surface area contributed by atoms with E-state index in [1.165, 1.54) is 19.3 Å². The molecule has 2 aliphatic rings. The molecule has 0 saturated heterocycles. The van der Waals surface area contributed by atoms with Crippen LogP contribution in [0.1, 0.15) is 71.7 Å². The topological polar surface area (TPSA) is 76.0 Å². The van der Waals surface area contributed by atoms with Crippen molar-refractivity contribution in [1.29, 1.82) is 0 Å². The first-order valence-electron chi connectivity index (χ1n) is 9.00. The molecule has 130 valence electrons. The summed E-state index contributed by atoms with van der Waals surface area (Å²) in [6.07, 6.45) is 10.1. The van der Waals surface area contributed by atoms with E-state index in [2.05, 4.69) is 22.2 Å². The number of imidazole rings is 1. The number of aromatic nitrogens is 2. The molecule has 0 spiro atoms. The quantitative estimate of drug-likeness (QED) is 0.813. The van der Waals surface area contributed by atoms with E-state index in [4.69, 9.17) is 0 Å². The third kappa shape index (κ3) is 3.52. The molecule has 1 aromatic rings. The molecule has 6 nitrogen and oxygen atoms in total. The number of nitrogens with zero attached hydrogens (tertiary/aromatic N) is 2. The van der Waals surface area contributed by atoms with E-state index in [-0.39, 0.29) is 17.9 Å². The molecule has 24 heavy (non-hydrogen) atoms. The van der Waals surface area contributed by atoms with Crippen molar-refractivity contribution in [2.24, 2.45) is 0 Å². The smallest absolute Gasteiger partial charge is 0.287 e. The third-order valence-electron chi connectivity index (χ3n) is 4.88. The van der Waals surface area contributed by atoms with Crippen molar-refractivity contribution in [3.05, 3.63) is 29.9 Å². The molecule has 2 N–H and O–H groups in total. The van der Waals surface area contributed by atoms with Crippen LogP contribution in [0.25, 0.3) is 0 Å². The van der Waals surface area contributed by atoms with Gasteiger partial charge in [-0.15, -0.1) is 6.58 Å². The Labute approximate surface area is 142 Å². The fourth-order valence-electron chi connectivity index (χ4n) is 3.64. The lowest BCUT2D eigenvalue weighted by atomic mass is 9.95. The van der Waals surface area contributed by atoms with E-state index >= 15 is 0 Å². The first-order valence-corrected chi connectivity index (χ1v) is 9.00. The molecular formula is C18H26N4O2. The number of amides is 2. The van der Waals surface area contributed by atoms with Crippen molar-refractivity contribution in [2.75, 3.05) is 6.54 Å². The number of hydrogen-bond acceptors (Lipinski definition) is 3. The summed E-state index contributed by atoms with van der Waals surface area (Å²) < 4.78 is 1.91. The molecule has 2 heterocycles. The maximum absolute atomic E-state index is 12.7. The van der Waals surface area contributed by atoms with Gasteiger partial charge in [-0.2, -0.15) is 0 Å². The Morgan fingerprint density at radius 1 is 1.17 bits per heavy atom. The first kappa shape index (κ1) is 16.7. The summed E-state index contributed by atoms with van der Waals surface area (Å²) in [6.45, 7) is 4.75. The summed E-state index contributed by atoms with van der Waals surface area (Å²) in [7, 11) is 0. The van der Waals surface area contributed by atoms with E-state index in [1.807, 2.05) is 4.57 Å². The number of carbonyl (C=O) groups excluding carboxylic acids is 2. The molecule has 6 heteroatoms. The van der Waals surface area contributed by atoms with Crippen LogP contribution in [0.3, 0.4) is 0 Å². The minimum atomic E-state index is -0.241. The second-order valence-electron chi connectivity index (χ2n) is 6.65. The Morgan fingerprint density at radius 3 is 2.71 bits per heavy atom. The van der Waals surface area contributed by atoms with Crippen LogP contribution >= 0.6 is 0 Å². The van der Waals surface area contributed by atoms with Crippen LogP contribution in [0.2, 0.25) is 0 Å². The molecule has 0 radical (unpaired) electrons. The van der Waals surface area contributed by atoms with E-state index < -0.39 is 0 Å². The third-order valence-corrected chi connectivity index (χ3v) is 4.88. The van der Waals surface area contributed by atoms with Gasteiger partial charge >= 0.3 is 0 Å². The molecule has 0 atom stereocenters. The van der Waals surface area contributed by atoms with E-state index in [1.54, 1.807) is 6.08 Å². The predicted molar refractivity (Wildman–Crippen MR) is 92.0 cm³/mol. The standard InChI is InChI=1S/C18H26N4O2/c1-2-11-19-18(24)16-21-15(14-10-6-7-12-22(14)16)17(23)20-13-8-4-3-5-9-13/h2,13H,1,3-12H2,(H,19,24)(H,20,23). The summed E-state index contributed by atoms with van der Waals surface area (Å²) in [5, 5.41) is 5.88. The molecule has 1 aliphatic heterocycles. The van der Waals surface area contributed by atoms with Crippen molar-refractivity contribution >= 4 is 11.8 Å². The van der Waals surface area contributed by atoms with Crippen LogP contribution < -0.4 is 10.6 Å². The number of hydrogen-bond donors (Lipinski definition) is 2. The lowest BCUT2D eigenvalue weighted by Crippen LogP contribution is -2.37. The van der Waals surface area contributed by atoms with E-state index in [0.29, 0.717) is 18.1 Å². The van der Waals surface area contributed by atoms with Crippen LogP contribution in [-0.2, 0) is 13.0 Å². The number of fused-ring (bicyclic) bond motifs is 1. The van der Waals surface area contributed by atoms with Crippen molar-refractivity contribution in [2.45, 2.75) is 64.0 Å². The van der Waals surface area contributed by atoms with Crippen molar-refractivity contribution in [3.8, 4) is 0 Å². The normalized spacial score (nSPS) is 17.8. The highest BCUT2D eigenvalue weighted by Gasteiger charge is 2.28. The summed E-state index contributed by atoms with van der Waals surface area (Å²) in [6, 6.07) is 0.241. The predicted octanol–water partition coefficient (Wildman–Crippen LogP) is 2.20. The lowest BCUT2D eigenvalue weighted by Gasteiger charge is -2.23. The zero-order valence-electron chi connectivity index (χ0n) is 14.1. The van der Waals surface area contributed by atoms with Crippen molar-refractivity contribution in [1.82, 2.24) is 20.2 Å². The second kappa shape index (κ2) is 7.64. The van der Waals surface area contributed by atoms with E-state index in [9.17, 15) is 9.59 Å². The second-order valence-corrected chi connectivity index (χ2v) is 6.65. The van der Waals surface area contributed by atoms with Gasteiger partial charge < -0.3 is 15.2 Å². The molecule has 1 aliphatic carbocycles. The Bertz CT molecular complexity index is 629. The zero-order valence-corrected chi connectivity index (χ0v) is 14.1. The van der Waals surface area contributed by atoms with Gasteiger partial charge in [-0.05, 0) is 32.1 Å². The largest absolute Gasteiger partial charge is 0.348 e. The van der Waals surface area contributed by atoms with Gasteiger partial charge in [0.2, 0.25) is 0 Å². The highest BCUT2D eigenvalue weighted by atomic mass is 16.2. The van der Waals surface area contributed by atoms with E-state index in [0.717, 1.165) is 44.3 Å². The maximum atomic E-state index is 12.7. The number of carbonyl (C=O) groups is 2.